The summed E-state index contributed by atoms with van der Waals surface area (Å²) in [5, 5.41) is 4.17. The van der Waals surface area contributed by atoms with Gasteiger partial charge < -0.3 is 11.1 Å². The van der Waals surface area contributed by atoms with E-state index < -0.39 is 0 Å². The minimum atomic E-state index is 0.492. The van der Waals surface area contributed by atoms with Crippen molar-refractivity contribution in [2.75, 3.05) is 11.1 Å². The molecule has 0 radical (unpaired) electrons. The summed E-state index contributed by atoms with van der Waals surface area (Å²) in [7, 11) is 0. The molecule has 3 N–H and O–H groups in total. The van der Waals surface area contributed by atoms with E-state index in [1.54, 1.807) is 18.6 Å². The van der Waals surface area contributed by atoms with E-state index in [1.807, 2.05) is 24.3 Å². The molecule has 0 aliphatic heterocycles. The van der Waals surface area contributed by atoms with Crippen molar-refractivity contribution in [2.24, 2.45) is 0 Å². The Balaban J connectivity index is 2.03. The fraction of sp³-hybridized carbons (Fsp3) is 0. The van der Waals surface area contributed by atoms with Crippen molar-refractivity contribution in [3.05, 3.63) is 47.3 Å². The van der Waals surface area contributed by atoms with Crippen LogP contribution in [0.5, 0.6) is 0 Å². The minimum absolute atomic E-state index is 0.492. The summed E-state index contributed by atoms with van der Waals surface area (Å²) >= 11 is 3.41. The molecule has 0 fully saturated rings. The normalized spacial score (nSPS) is 10.6. The molecule has 2 heterocycles. The molecule has 5 nitrogen and oxygen atoms in total. The molecule has 0 saturated carbocycles. The lowest BCUT2D eigenvalue weighted by Gasteiger charge is -2.07. The molecule has 0 bridgehead atoms. The first-order valence-corrected chi connectivity index (χ1v) is 6.40. The van der Waals surface area contributed by atoms with Crippen molar-refractivity contribution in [1.29, 1.82) is 0 Å². The third-order valence-electron chi connectivity index (χ3n) is 2.60. The highest BCUT2D eigenvalue weighted by molar-refractivity contribution is 9.10. The van der Waals surface area contributed by atoms with Crippen LogP contribution in [0.25, 0.3) is 10.9 Å². The number of pyridine rings is 1. The van der Waals surface area contributed by atoms with Gasteiger partial charge in [-0.1, -0.05) is 12.1 Å². The summed E-state index contributed by atoms with van der Waals surface area (Å²) in [6.07, 6.45) is 4.88. The minimum Gasteiger partial charge on any atom is -0.396 e. The molecule has 3 aromatic rings. The summed E-state index contributed by atoms with van der Waals surface area (Å²) in [6.45, 7) is 0. The van der Waals surface area contributed by atoms with Crippen LogP contribution in [0.3, 0.4) is 0 Å². The molecular formula is C13H10BrN5. The highest BCUT2D eigenvalue weighted by atomic mass is 79.9. The Morgan fingerprint density at radius 3 is 2.63 bits per heavy atom. The summed E-state index contributed by atoms with van der Waals surface area (Å²) < 4.78 is 0.945. The van der Waals surface area contributed by atoms with Gasteiger partial charge in [0.05, 0.1) is 29.3 Å². The number of halogens is 1. The third-order valence-corrected chi connectivity index (χ3v) is 3.03. The van der Waals surface area contributed by atoms with Crippen LogP contribution in [-0.4, -0.2) is 15.0 Å². The van der Waals surface area contributed by atoms with Crippen LogP contribution in [0.2, 0.25) is 0 Å². The first-order chi connectivity index (χ1) is 9.22. The van der Waals surface area contributed by atoms with Crippen LogP contribution in [0.15, 0.2) is 47.3 Å². The molecule has 1 aromatic carbocycles. The van der Waals surface area contributed by atoms with E-state index in [0.29, 0.717) is 11.6 Å². The number of rotatable bonds is 2. The molecule has 0 aliphatic rings. The molecule has 19 heavy (non-hydrogen) atoms. The molecule has 0 unspecified atom stereocenters. The summed E-state index contributed by atoms with van der Waals surface area (Å²) in [5.41, 5.74) is 7.81. The Labute approximate surface area is 118 Å². The number of aromatic nitrogens is 3. The summed E-state index contributed by atoms with van der Waals surface area (Å²) in [5.74, 6) is 0.492. The fourth-order valence-corrected chi connectivity index (χ4v) is 2.11. The molecule has 0 aliphatic carbocycles. The average Bonchev–Trinajstić information content (AvgIpc) is 2.41. The van der Waals surface area contributed by atoms with Gasteiger partial charge in [-0.05, 0) is 28.1 Å². The fourth-order valence-electron chi connectivity index (χ4n) is 1.76. The van der Waals surface area contributed by atoms with Crippen LogP contribution in [0.4, 0.5) is 17.3 Å². The number of fused-ring (bicyclic) bond motifs is 1. The highest BCUT2D eigenvalue weighted by Crippen LogP contribution is 2.25. The van der Waals surface area contributed by atoms with E-state index in [9.17, 15) is 0 Å². The zero-order chi connectivity index (χ0) is 13.2. The number of benzene rings is 1. The zero-order valence-corrected chi connectivity index (χ0v) is 11.4. The first-order valence-electron chi connectivity index (χ1n) is 5.61. The van der Waals surface area contributed by atoms with Gasteiger partial charge in [-0.2, -0.15) is 0 Å². The monoisotopic (exact) mass is 315 g/mol. The largest absolute Gasteiger partial charge is 0.396 e. The van der Waals surface area contributed by atoms with E-state index in [1.165, 1.54) is 0 Å². The molecular weight excluding hydrogens is 306 g/mol. The van der Waals surface area contributed by atoms with Crippen LogP contribution in [0, 0.1) is 0 Å². The molecule has 6 heteroatoms. The molecule has 0 saturated heterocycles. The van der Waals surface area contributed by atoms with Crippen molar-refractivity contribution in [2.45, 2.75) is 0 Å². The average molecular weight is 316 g/mol. The van der Waals surface area contributed by atoms with E-state index in [2.05, 4.69) is 36.2 Å². The predicted molar refractivity (Wildman–Crippen MR) is 79.2 cm³/mol. The van der Waals surface area contributed by atoms with Crippen molar-refractivity contribution in [3.63, 3.8) is 0 Å². The Morgan fingerprint density at radius 2 is 1.84 bits per heavy atom. The van der Waals surface area contributed by atoms with Crippen LogP contribution >= 0.6 is 15.9 Å². The topological polar surface area (TPSA) is 76.7 Å². The number of anilines is 3. The Bertz CT molecular complexity index is 727. The number of hydrogen-bond acceptors (Lipinski definition) is 5. The first kappa shape index (κ1) is 11.9. The van der Waals surface area contributed by atoms with Gasteiger partial charge in [0, 0.05) is 16.1 Å². The van der Waals surface area contributed by atoms with E-state index >= 15 is 0 Å². The van der Waals surface area contributed by atoms with Gasteiger partial charge in [0.2, 0.25) is 5.95 Å². The smallest absolute Gasteiger partial charge is 0.227 e. The van der Waals surface area contributed by atoms with Gasteiger partial charge in [0.25, 0.3) is 0 Å². The third kappa shape index (κ3) is 2.48. The molecule has 94 valence electrons. The number of hydrogen-bond donors (Lipinski definition) is 2. The lowest BCUT2D eigenvalue weighted by molar-refractivity contribution is 1.17. The number of nitrogens with zero attached hydrogens (tertiary/aromatic N) is 3. The van der Waals surface area contributed by atoms with Gasteiger partial charge in [0.15, 0.2) is 0 Å². The Kier molecular flexibility index (Phi) is 3.00. The standard InChI is InChI=1S/C13H10BrN5/c14-9-4-8-2-1-3-11(12(8)16-5-9)19-13-17-6-10(15)7-18-13/h1-7H,15H2,(H,17,18,19). The van der Waals surface area contributed by atoms with E-state index in [0.717, 1.165) is 21.1 Å². The maximum absolute atomic E-state index is 5.56. The molecule has 0 spiro atoms. The number of nitrogens with one attached hydrogen (secondary N) is 1. The lowest BCUT2D eigenvalue weighted by atomic mass is 10.2. The Hall–Kier alpha value is -2.21. The maximum Gasteiger partial charge on any atom is 0.227 e. The van der Waals surface area contributed by atoms with Gasteiger partial charge in [-0.25, -0.2) is 9.97 Å². The summed E-state index contributed by atoms with van der Waals surface area (Å²) in [6, 6.07) is 7.90. The molecule has 2 aromatic heterocycles. The molecule has 0 atom stereocenters. The van der Waals surface area contributed by atoms with Crippen molar-refractivity contribution in [1.82, 2.24) is 15.0 Å². The van der Waals surface area contributed by atoms with Gasteiger partial charge in [-0.3, -0.25) is 4.98 Å². The second kappa shape index (κ2) is 4.81. The van der Waals surface area contributed by atoms with Gasteiger partial charge in [0.1, 0.15) is 0 Å². The second-order valence-electron chi connectivity index (χ2n) is 4.00. The van der Waals surface area contributed by atoms with E-state index in [-0.39, 0.29) is 0 Å². The number of para-hydroxylation sites is 1. The van der Waals surface area contributed by atoms with Gasteiger partial charge >= 0.3 is 0 Å². The highest BCUT2D eigenvalue weighted by Gasteiger charge is 2.04. The van der Waals surface area contributed by atoms with E-state index in [4.69, 9.17) is 5.73 Å². The lowest BCUT2D eigenvalue weighted by Crippen LogP contribution is -1.99. The predicted octanol–water partition coefficient (Wildman–Crippen LogP) is 3.11. The zero-order valence-electron chi connectivity index (χ0n) is 9.84. The SMILES string of the molecule is Nc1cnc(Nc2cccc3cc(Br)cnc23)nc1. The number of nitrogen functional groups attached to an aromatic ring is 1. The van der Waals surface area contributed by atoms with Crippen LogP contribution < -0.4 is 11.1 Å². The maximum atomic E-state index is 5.56. The van der Waals surface area contributed by atoms with Crippen molar-refractivity contribution < 1.29 is 0 Å². The van der Waals surface area contributed by atoms with Crippen molar-refractivity contribution >= 4 is 44.2 Å². The quantitative estimate of drug-likeness (QED) is 0.759. The number of nitrogens with two attached hydrogens (primary N) is 1. The van der Waals surface area contributed by atoms with Gasteiger partial charge in [-0.15, -0.1) is 0 Å². The molecule has 0 amide bonds. The Morgan fingerprint density at radius 1 is 1.05 bits per heavy atom. The van der Waals surface area contributed by atoms with Crippen LogP contribution in [-0.2, 0) is 0 Å². The van der Waals surface area contributed by atoms with Crippen LogP contribution in [0.1, 0.15) is 0 Å². The molecule has 3 rings (SSSR count). The second-order valence-corrected chi connectivity index (χ2v) is 4.91. The van der Waals surface area contributed by atoms with Crippen molar-refractivity contribution in [3.8, 4) is 0 Å². The summed E-state index contributed by atoms with van der Waals surface area (Å²) in [4.78, 5) is 12.6.